The van der Waals surface area contributed by atoms with Crippen LogP contribution >= 0.6 is 0 Å². The minimum atomic E-state index is -0.667. The van der Waals surface area contributed by atoms with Crippen molar-refractivity contribution in [1.82, 2.24) is 0 Å². The summed E-state index contributed by atoms with van der Waals surface area (Å²) in [6.07, 6.45) is 25.3. The number of rotatable bonds is 8. The first kappa shape index (κ1) is 38.5. The summed E-state index contributed by atoms with van der Waals surface area (Å²) in [5, 5.41) is 60.8. The molecule has 8 aliphatic rings. The molecule has 272 valence electrons. The molecule has 7 N–H and O–H groups in total. The molecule has 0 amide bonds. The lowest BCUT2D eigenvalue weighted by Crippen LogP contribution is -2.32. The van der Waals surface area contributed by atoms with Gasteiger partial charge in [0.25, 0.3) is 0 Å². The molecule has 0 aliphatic heterocycles. The molecule has 8 bridgehead atoms. The van der Waals surface area contributed by atoms with Gasteiger partial charge in [0.15, 0.2) is 0 Å². The van der Waals surface area contributed by atoms with E-state index in [9.17, 15) is 19.2 Å². The van der Waals surface area contributed by atoms with Gasteiger partial charge in [-0.3, -0.25) is 19.2 Å². The fourth-order valence-electron chi connectivity index (χ4n) is 8.74. The number of aliphatic carboxylic acids is 4. The van der Waals surface area contributed by atoms with Crippen LogP contribution in [0.25, 0.3) is 0 Å². The summed E-state index contributed by atoms with van der Waals surface area (Å²) < 4.78 is 0. The lowest BCUT2D eigenvalue weighted by Gasteiger charge is -2.24. The third-order valence-electron chi connectivity index (χ3n) is 12.1. The van der Waals surface area contributed by atoms with E-state index in [1.807, 2.05) is 6.92 Å². The number of aliphatic hydroxyl groups excluding tert-OH is 3. The number of hydrogen-bond acceptors (Lipinski definition) is 7. The third kappa shape index (κ3) is 9.49. The van der Waals surface area contributed by atoms with Crippen molar-refractivity contribution in [2.75, 3.05) is 19.8 Å². The van der Waals surface area contributed by atoms with E-state index >= 15 is 0 Å². The van der Waals surface area contributed by atoms with Gasteiger partial charge in [0.05, 0.1) is 43.5 Å². The third-order valence-corrected chi connectivity index (χ3v) is 12.1. The number of aliphatic hydroxyl groups is 3. The van der Waals surface area contributed by atoms with Crippen molar-refractivity contribution in [1.29, 1.82) is 0 Å². The molecular formula is C38H54O11. The number of carbonyl (C=O) groups is 4. The smallest absolute Gasteiger partial charge is 0.307 e. The quantitative estimate of drug-likeness (QED) is 0.177. The van der Waals surface area contributed by atoms with Crippen molar-refractivity contribution in [3.05, 3.63) is 48.6 Å². The molecule has 49 heavy (non-hydrogen) atoms. The zero-order valence-corrected chi connectivity index (χ0v) is 28.3. The molecule has 4 fully saturated rings. The molecule has 0 heterocycles. The second-order valence-corrected chi connectivity index (χ2v) is 15.2. The Balaban J connectivity index is 0.000000138. The normalized spacial score (nSPS) is 37.0. The fourth-order valence-corrected chi connectivity index (χ4v) is 8.74. The lowest BCUT2D eigenvalue weighted by atomic mass is 9.88. The standard InChI is InChI=1S/4C8H10O2.C6H14O3/c4*9-8(10)7-4-5-1-2-6(7)3-5;1-2-6(3-7,4-8)5-9/h4*1-2,5-7H,3-4H2,(H,9,10);7-9H,2-5H2,1H3. The SMILES string of the molecule is CCC(CO)(CO)CO.O=C(O)C1CC2C=CC1C2.O=C(O)C1CC2C=CC1C2.O=C(O)C1CC2C=CC1C2.O=C(O)C1CC2C=CC1C2. The highest BCUT2D eigenvalue weighted by Crippen LogP contribution is 2.45. The highest BCUT2D eigenvalue weighted by atomic mass is 16.4. The summed E-state index contributed by atoms with van der Waals surface area (Å²) in [5.74, 6) is 0.946. The first-order valence-electron chi connectivity index (χ1n) is 17.8. The van der Waals surface area contributed by atoms with Crippen molar-refractivity contribution < 1.29 is 54.9 Å². The van der Waals surface area contributed by atoms with E-state index in [0.717, 1.165) is 51.4 Å². The predicted molar refractivity (Wildman–Crippen MR) is 180 cm³/mol. The molecule has 11 heteroatoms. The molecule has 12 unspecified atom stereocenters. The van der Waals surface area contributed by atoms with Gasteiger partial charge in [-0.25, -0.2) is 0 Å². The van der Waals surface area contributed by atoms with Gasteiger partial charge in [-0.05, 0) is 105 Å². The van der Waals surface area contributed by atoms with E-state index < -0.39 is 29.3 Å². The molecule has 0 aromatic rings. The maximum absolute atomic E-state index is 10.6. The highest BCUT2D eigenvalue weighted by molar-refractivity contribution is 5.73. The summed E-state index contributed by atoms with van der Waals surface area (Å²) in [7, 11) is 0. The lowest BCUT2D eigenvalue weighted by molar-refractivity contribution is -0.143. The number of hydrogen-bond donors (Lipinski definition) is 7. The van der Waals surface area contributed by atoms with Gasteiger partial charge in [-0.1, -0.05) is 55.5 Å². The van der Waals surface area contributed by atoms with Crippen molar-refractivity contribution in [3.8, 4) is 0 Å². The van der Waals surface area contributed by atoms with Crippen molar-refractivity contribution in [3.63, 3.8) is 0 Å². The monoisotopic (exact) mass is 686 g/mol. The largest absolute Gasteiger partial charge is 0.481 e. The maximum atomic E-state index is 10.6. The average molecular weight is 687 g/mol. The Labute approximate surface area is 288 Å². The Bertz CT molecular complexity index is 1100. The van der Waals surface area contributed by atoms with E-state index in [0.29, 0.717) is 53.8 Å². The summed E-state index contributed by atoms with van der Waals surface area (Å²) in [5.41, 5.74) is -0.667. The molecule has 4 saturated carbocycles. The molecule has 0 radical (unpaired) electrons. The van der Waals surface area contributed by atoms with Crippen LogP contribution in [0.2, 0.25) is 0 Å². The fraction of sp³-hybridized carbons (Fsp3) is 0.684. The van der Waals surface area contributed by atoms with Crippen LogP contribution in [-0.4, -0.2) is 79.4 Å². The summed E-state index contributed by atoms with van der Waals surface area (Å²) in [6.45, 7) is 1.35. The number of fused-ring (bicyclic) bond motifs is 8. The Kier molecular flexibility index (Phi) is 13.4. The van der Waals surface area contributed by atoms with Gasteiger partial charge >= 0.3 is 23.9 Å². The summed E-state index contributed by atoms with van der Waals surface area (Å²) in [6, 6.07) is 0. The minimum absolute atomic E-state index is 0.0741. The van der Waals surface area contributed by atoms with Gasteiger partial charge in [0, 0.05) is 5.41 Å². The van der Waals surface area contributed by atoms with Crippen LogP contribution in [0.5, 0.6) is 0 Å². The van der Waals surface area contributed by atoms with E-state index in [1.165, 1.54) is 0 Å². The van der Waals surface area contributed by atoms with Crippen LogP contribution in [0, 0.1) is 76.4 Å². The molecule has 0 aromatic heterocycles. The summed E-state index contributed by atoms with van der Waals surface area (Å²) >= 11 is 0. The second-order valence-electron chi connectivity index (χ2n) is 15.2. The Hall–Kier alpha value is -3.28. The van der Waals surface area contributed by atoms with Crippen molar-refractivity contribution in [2.45, 2.75) is 64.7 Å². The maximum Gasteiger partial charge on any atom is 0.307 e. The zero-order chi connectivity index (χ0) is 35.9. The van der Waals surface area contributed by atoms with Crippen LogP contribution < -0.4 is 0 Å². The van der Waals surface area contributed by atoms with Gasteiger partial charge in [-0.2, -0.15) is 0 Å². The molecule has 0 aromatic carbocycles. The molecule has 0 saturated heterocycles. The first-order chi connectivity index (χ1) is 23.3. The van der Waals surface area contributed by atoms with Crippen LogP contribution in [0.15, 0.2) is 48.6 Å². The van der Waals surface area contributed by atoms with Crippen LogP contribution in [0.4, 0.5) is 0 Å². The van der Waals surface area contributed by atoms with E-state index in [4.69, 9.17) is 35.7 Å². The average Bonchev–Trinajstić information content (AvgIpc) is 3.97. The van der Waals surface area contributed by atoms with Gasteiger partial charge in [0.2, 0.25) is 0 Å². The number of carboxylic acid groups (broad SMARTS) is 4. The Morgan fingerprint density at radius 1 is 0.449 bits per heavy atom. The molecule has 8 aliphatic carbocycles. The molecule has 0 spiro atoms. The van der Waals surface area contributed by atoms with E-state index in [2.05, 4.69) is 48.6 Å². The minimum Gasteiger partial charge on any atom is -0.481 e. The zero-order valence-electron chi connectivity index (χ0n) is 28.3. The van der Waals surface area contributed by atoms with E-state index in [1.54, 1.807) is 0 Å². The van der Waals surface area contributed by atoms with Crippen LogP contribution in [-0.2, 0) is 19.2 Å². The predicted octanol–water partition coefficient (Wildman–Crippen LogP) is 4.49. The molecule has 8 rings (SSSR count). The van der Waals surface area contributed by atoms with Gasteiger partial charge < -0.3 is 35.7 Å². The molecule has 11 nitrogen and oxygen atoms in total. The van der Waals surface area contributed by atoms with Gasteiger partial charge in [-0.15, -0.1) is 0 Å². The topological polar surface area (TPSA) is 210 Å². The molecular weight excluding hydrogens is 632 g/mol. The number of carboxylic acids is 4. The van der Waals surface area contributed by atoms with Crippen molar-refractivity contribution >= 4 is 23.9 Å². The first-order valence-corrected chi connectivity index (χ1v) is 17.8. The molecule has 12 atom stereocenters. The highest BCUT2D eigenvalue weighted by Gasteiger charge is 2.42. The van der Waals surface area contributed by atoms with Crippen molar-refractivity contribution in [2.24, 2.45) is 76.4 Å². The Morgan fingerprint density at radius 3 is 0.735 bits per heavy atom. The van der Waals surface area contributed by atoms with E-state index in [-0.39, 0.29) is 43.5 Å². The van der Waals surface area contributed by atoms with Gasteiger partial charge in [0.1, 0.15) is 0 Å². The van der Waals surface area contributed by atoms with Crippen LogP contribution in [0.1, 0.15) is 64.7 Å². The summed E-state index contributed by atoms with van der Waals surface area (Å²) in [4.78, 5) is 42.2. The van der Waals surface area contributed by atoms with Crippen LogP contribution in [0.3, 0.4) is 0 Å². The second kappa shape index (κ2) is 17.1. The number of allylic oxidation sites excluding steroid dienone is 8. The Morgan fingerprint density at radius 2 is 0.673 bits per heavy atom.